The van der Waals surface area contributed by atoms with Gasteiger partial charge in [0.1, 0.15) is 37.3 Å². The topological polar surface area (TPSA) is 280 Å². The molecule has 0 radical (unpaired) electrons. The van der Waals surface area contributed by atoms with Crippen molar-refractivity contribution in [3.63, 3.8) is 0 Å². The molecule has 3 amide bonds. The van der Waals surface area contributed by atoms with Gasteiger partial charge in [-0.05, 0) is 43.9 Å². The van der Waals surface area contributed by atoms with Crippen molar-refractivity contribution in [3.05, 3.63) is 173 Å². The Morgan fingerprint density at radius 2 is 0.865 bits per heavy atom. The Morgan fingerprint density at radius 3 is 1.18 bits per heavy atom. The van der Waals surface area contributed by atoms with Crippen LogP contribution in [0.4, 0.5) is 4.79 Å². The summed E-state index contributed by atoms with van der Waals surface area (Å²) < 4.78 is 21.7. The predicted octanol–water partition coefficient (Wildman–Crippen LogP) is 3.91. The van der Waals surface area contributed by atoms with Gasteiger partial charge in [-0.1, -0.05) is 104 Å². The number of rotatable bonds is 23. The van der Waals surface area contributed by atoms with Crippen LogP contribution in [0.2, 0.25) is 0 Å². The van der Waals surface area contributed by atoms with E-state index in [0.717, 1.165) is 16.7 Å². The highest BCUT2D eigenvalue weighted by Gasteiger charge is 2.27. The molecule has 3 heterocycles. The number of carbonyl (C=O) groups is 4. The van der Waals surface area contributed by atoms with E-state index in [4.69, 9.17) is 29.2 Å². The molecule has 0 aliphatic heterocycles. The maximum atomic E-state index is 14.2. The molecule has 74 heavy (non-hydrogen) atoms. The first-order valence-electron chi connectivity index (χ1n) is 23.6. The highest BCUT2D eigenvalue weighted by molar-refractivity contribution is 5.96. The number of nitrogens with zero attached hydrogens (tertiary/aromatic N) is 7. The Balaban J connectivity index is 0.00000244. The van der Waals surface area contributed by atoms with Crippen LogP contribution in [0.1, 0.15) is 85.4 Å². The van der Waals surface area contributed by atoms with Crippen LogP contribution in [0, 0.1) is 20.8 Å². The third kappa shape index (κ3) is 15.7. The third-order valence-corrected chi connectivity index (χ3v) is 11.6. The Kier molecular flexibility index (Phi) is 20.7. The molecule has 3 aromatic heterocycles. The third-order valence-electron chi connectivity index (χ3n) is 11.6. The molecule has 0 bridgehead atoms. The van der Waals surface area contributed by atoms with E-state index in [2.05, 4.69) is 30.9 Å². The molecule has 0 fully saturated rings. The Bertz CT molecular complexity index is 2940. The fourth-order valence-corrected chi connectivity index (χ4v) is 7.35. The number of benzene rings is 3. The normalized spacial score (nSPS) is 11.2. The van der Waals surface area contributed by atoms with Crippen LogP contribution in [0.5, 0.6) is 17.2 Å². The van der Waals surface area contributed by atoms with Gasteiger partial charge in [0.25, 0.3) is 34.4 Å². The van der Waals surface area contributed by atoms with Crippen LogP contribution in [-0.4, -0.2) is 106 Å². The molecule has 5 N–H and O–H groups in total. The van der Waals surface area contributed by atoms with Gasteiger partial charge in [0.15, 0.2) is 17.1 Å². The number of amides is 3. The zero-order chi connectivity index (χ0) is 53.9. The maximum absolute atomic E-state index is 14.2. The zero-order valence-corrected chi connectivity index (χ0v) is 42.4. The van der Waals surface area contributed by atoms with E-state index in [1.165, 1.54) is 13.7 Å². The Hall–Kier alpha value is -8.66. The summed E-state index contributed by atoms with van der Waals surface area (Å²) in [6.45, 7) is 7.63. The van der Waals surface area contributed by atoms with Crippen molar-refractivity contribution in [1.82, 2.24) is 49.5 Å². The van der Waals surface area contributed by atoms with E-state index in [1.54, 1.807) is 41.9 Å². The molecular formula is C52H62N10O12. The summed E-state index contributed by atoms with van der Waals surface area (Å²) in [7, 11) is 4.64. The van der Waals surface area contributed by atoms with Crippen molar-refractivity contribution in [3.8, 4) is 17.2 Å². The van der Waals surface area contributed by atoms with Gasteiger partial charge in [0.05, 0.1) is 0 Å². The van der Waals surface area contributed by atoms with Crippen molar-refractivity contribution in [2.24, 2.45) is 21.1 Å². The lowest BCUT2D eigenvalue weighted by Gasteiger charge is -2.28. The summed E-state index contributed by atoms with van der Waals surface area (Å²) in [5.41, 5.74) is 0.323. The summed E-state index contributed by atoms with van der Waals surface area (Å²) >= 11 is 0. The molecule has 22 nitrogen and oxygen atoms in total. The van der Waals surface area contributed by atoms with E-state index in [1.807, 2.05) is 103 Å². The number of hydrogen-bond donors (Lipinski definition) is 5. The number of nitrogens with one attached hydrogen (secondary N) is 3. The van der Waals surface area contributed by atoms with Crippen molar-refractivity contribution in [2.75, 3.05) is 32.7 Å². The van der Waals surface area contributed by atoms with Crippen molar-refractivity contribution in [2.45, 2.75) is 66.4 Å². The summed E-state index contributed by atoms with van der Waals surface area (Å²) in [5.74, 6) is -1.55. The molecule has 0 aliphatic carbocycles. The van der Waals surface area contributed by atoms with Crippen molar-refractivity contribution in [1.29, 1.82) is 0 Å². The van der Waals surface area contributed by atoms with Gasteiger partial charge in [-0.2, -0.15) is 0 Å². The second kappa shape index (κ2) is 27.2. The molecule has 22 heteroatoms. The lowest BCUT2D eigenvalue weighted by molar-refractivity contribution is 0.0908. The highest BCUT2D eigenvalue weighted by Crippen LogP contribution is 2.18. The van der Waals surface area contributed by atoms with Crippen LogP contribution in [0.15, 0.2) is 105 Å². The minimum Gasteiger partial charge on any atom is -0.481 e. The fraction of sp³-hybridized carbons (Fsp3) is 0.346. The molecule has 1 atom stereocenters. The number of hydrogen-bond acceptors (Lipinski definition) is 14. The summed E-state index contributed by atoms with van der Waals surface area (Å²) in [6.07, 6.45) is -0.672. The largest absolute Gasteiger partial charge is 0.503 e. The quantitative estimate of drug-likeness (QED) is 0.0608. The lowest BCUT2D eigenvalue weighted by Crippen LogP contribution is -2.48. The number of carbonyl (C=O) groups excluding carboxylic acids is 3. The van der Waals surface area contributed by atoms with E-state index in [9.17, 15) is 28.8 Å². The van der Waals surface area contributed by atoms with E-state index < -0.39 is 46.6 Å². The van der Waals surface area contributed by atoms with Crippen LogP contribution >= 0.6 is 0 Å². The number of aryl methyl sites for hydroxylation is 3. The standard InChI is InChI=1S/C51H60N10O9.CH2O3/c1-8-18-39(57-48(64)42-45(51(67)60(7)35(4)56-42)70-32-38-23-16-11-17-24-38)29-61(27-25-52-46(62)40-43(49(65)58(5)33(2)54-40)68-30-36-19-12-9-13-20-36)28-26-53-47(63)41-44(50(66)59(6)34(3)55-41)69-31-37-21-14-10-15-22-37;2-1(3)4/h9-17,19-24,39H,8,18,25-32H2,1-7H3,(H,52,62)(H,53,63)(H,57,64);(H2,2,3,4). The van der Waals surface area contributed by atoms with Crippen LogP contribution in [0.3, 0.4) is 0 Å². The van der Waals surface area contributed by atoms with Gasteiger partial charge in [-0.25, -0.2) is 19.7 Å². The first-order chi connectivity index (χ1) is 35.4. The van der Waals surface area contributed by atoms with E-state index in [0.29, 0.717) is 30.3 Å². The summed E-state index contributed by atoms with van der Waals surface area (Å²) in [4.78, 5) is 106. The number of ether oxygens (including phenoxy) is 3. The first kappa shape index (κ1) is 56.3. The average molecular weight is 1020 g/mol. The molecule has 1 unspecified atom stereocenters. The number of carboxylic acid groups (broad SMARTS) is 2. The fourth-order valence-electron chi connectivity index (χ4n) is 7.35. The van der Waals surface area contributed by atoms with Crippen molar-refractivity contribution < 1.29 is 43.6 Å². The van der Waals surface area contributed by atoms with Crippen LogP contribution in [-0.2, 0) is 41.0 Å². The minimum absolute atomic E-state index is 0.0330. The predicted molar refractivity (Wildman–Crippen MR) is 273 cm³/mol. The molecule has 0 aliphatic rings. The lowest BCUT2D eigenvalue weighted by atomic mass is 10.1. The Labute approximate surface area is 426 Å². The SMILES string of the molecule is CCCC(CN(CCNC(=O)c1nc(C)n(C)c(=O)c1OCc1ccccc1)CCNC(=O)c1nc(C)n(C)c(=O)c1OCc1ccccc1)NC(=O)c1nc(C)n(C)c(=O)c1OCc1ccccc1.O=C(O)O. The second-order valence-corrected chi connectivity index (χ2v) is 17.0. The molecule has 3 aromatic carbocycles. The van der Waals surface area contributed by atoms with E-state index >= 15 is 0 Å². The van der Waals surface area contributed by atoms with Gasteiger partial charge in [0.2, 0.25) is 17.2 Å². The van der Waals surface area contributed by atoms with Crippen LogP contribution < -0.4 is 46.8 Å². The zero-order valence-electron chi connectivity index (χ0n) is 42.4. The van der Waals surface area contributed by atoms with E-state index in [-0.39, 0.29) is 86.9 Å². The van der Waals surface area contributed by atoms with Gasteiger partial charge in [-0.15, -0.1) is 0 Å². The second-order valence-electron chi connectivity index (χ2n) is 17.0. The van der Waals surface area contributed by atoms with Crippen molar-refractivity contribution >= 4 is 23.9 Å². The molecule has 0 saturated carbocycles. The maximum Gasteiger partial charge on any atom is 0.503 e. The summed E-state index contributed by atoms with van der Waals surface area (Å²) in [5, 5.41) is 22.7. The molecule has 6 aromatic rings. The van der Waals surface area contributed by atoms with Gasteiger partial charge in [-0.3, -0.25) is 47.4 Å². The molecular weight excluding hydrogens is 957 g/mol. The van der Waals surface area contributed by atoms with Gasteiger partial charge < -0.3 is 40.4 Å². The minimum atomic E-state index is -1.83. The summed E-state index contributed by atoms with van der Waals surface area (Å²) in [6, 6.07) is 27.2. The molecule has 6 rings (SSSR count). The molecule has 0 saturated heterocycles. The molecule has 0 spiro atoms. The number of aromatic nitrogens is 6. The van der Waals surface area contributed by atoms with Gasteiger partial charge in [0, 0.05) is 59.9 Å². The van der Waals surface area contributed by atoms with Crippen LogP contribution in [0.25, 0.3) is 0 Å². The molecule has 392 valence electrons. The Morgan fingerprint density at radius 1 is 0.554 bits per heavy atom. The highest BCUT2D eigenvalue weighted by atomic mass is 16.6. The smallest absolute Gasteiger partial charge is 0.481 e. The first-order valence-corrected chi connectivity index (χ1v) is 23.6. The monoisotopic (exact) mass is 1020 g/mol. The van der Waals surface area contributed by atoms with Gasteiger partial charge >= 0.3 is 6.16 Å². The average Bonchev–Trinajstić information content (AvgIpc) is 3.38.